The Morgan fingerprint density at radius 1 is 1.21 bits per heavy atom. The van der Waals surface area contributed by atoms with Crippen molar-refractivity contribution in [3.8, 4) is 5.75 Å². The highest BCUT2D eigenvalue weighted by molar-refractivity contribution is 9.08. The van der Waals surface area contributed by atoms with Gasteiger partial charge in [0.25, 0.3) is 0 Å². The molecule has 0 heterocycles. The van der Waals surface area contributed by atoms with Crippen LogP contribution in [0.15, 0.2) is 42.5 Å². The maximum Gasteiger partial charge on any atom is 0.147 e. The summed E-state index contributed by atoms with van der Waals surface area (Å²) in [4.78, 5) is 1.80. The van der Waals surface area contributed by atoms with Gasteiger partial charge >= 0.3 is 0 Å². The van der Waals surface area contributed by atoms with Crippen LogP contribution in [0.1, 0.15) is 5.56 Å². The Kier molecular flexibility index (Phi) is 4.43. The molecule has 2 rings (SSSR count). The van der Waals surface area contributed by atoms with Gasteiger partial charge in [-0.2, -0.15) is 0 Å². The molecule has 2 aromatic carbocycles. The summed E-state index contributed by atoms with van der Waals surface area (Å²) in [5.41, 5.74) is 2.34. The number of nitrogens with zero attached hydrogens (tertiary/aromatic N) is 1. The third kappa shape index (κ3) is 3.07. The maximum atomic E-state index is 14.1. The Balaban J connectivity index is 2.35. The van der Waals surface area contributed by atoms with E-state index >= 15 is 0 Å². The summed E-state index contributed by atoms with van der Waals surface area (Å²) < 4.78 is 19.2. The largest absolute Gasteiger partial charge is 0.497 e. The van der Waals surface area contributed by atoms with Crippen molar-refractivity contribution >= 4 is 27.3 Å². The molecule has 0 aromatic heterocycles. The average molecular weight is 324 g/mol. The van der Waals surface area contributed by atoms with E-state index < -0.39 is 0 Å². The number of hydrogen-bond acceptors (Lipinski definition) is 2. The van der Waals surface area contributed by atoms with Gasteiger partial charge in [-0.15, -0.1) is 0 Å². The topological polar surface area (TPSA) is 12.5 Å². The first-order valence-electron chi connectivity index (χ1n) is 5.88. The van der Waals surface area contributed by atoms with E-state index in [9.17, 15) is 4.39 Å². The van der Waals surface area contributed by atoms with Gasteiger partial charge in [-0.05, 0) is 29.8 Å². The van der Waals surface area contributed by atoms with Crippen molar-refractivity contribution in [1.82, 2.24) is 0 Å². The van der Waals surface area contributed by atoms with Crippen molar-refractivity contribution < 1.29 is 9.13 Å². The number of anilines is 2. The predicted molar refractivity (Wildman–Crippen MR) is 80.1 cm³/mol. The molecule has 0 aliphatic rings. The number of hydrogen-bond donors (Lipinski definition) is 0. The summed E-state index contributed by atoms with van der Waals surface area (Å²) in [5, 5.41) is 0.646. The molecule has 0 radical (unpaired) electrons. The molecule has 2 aromatic rings. The smallest absolute Gasteiger partial charge is 0.147 e. The van der Waals surface area contributed by atoms with Crippen LogP contribution in [-0.2, 0) is 5.33 Å². The van der Waals surface area contributed by atoms with Crippen molar-refractivity contribution in [2.45, 2.75) is 5.33 Å². The fraction of sp³-hybridized carbons (Fsp3) is 0.200. The van der Waals surface area contributed by atoms with Gasteiger partial charge in [-0.25, -0.2) is 4.39 Å². The highest BCUT2D eigenvalue weighted by Crippen LogP contribution is 2.29. The summed E-state index contributed by atoms with van der Waals surface area (Å²) in [7, 11) is 3.45. The zero-order valence-electron chi connectivity index (χ0n) is 10.9. The normalized spacial score (nSPS) is 10.3. The lowest BCUT2D eigenvalue weighted by molar-refractivity contribution is 0.415. The third-order valence-electron chi connectivity index (χ3n) is 2.97. The van der Waals surface area contributed by atoms with Crippen LogP contribution in [0.4, 0.5) is 15.8 Å². The summed E-state index contributed by atoms with van der Waals surface area (Å²) in [5.74, 6) is 0.518. The number of benzene rings is 2. The number of rotatable bonds is 4. The molecule has 0 N–H and O–H groups in total. The molecule has 0 unspecified atom stereocenters. The minimum absolute atomic E-state index is 0.234. The molecule has 0 saturated carbocycles. The molecule has 0 spiro atoms. The van der Waals surface area contributed by atoms with E-state index in [1.165, 1.54) is 0 Å². The van der Waals surface area contributed by atoms with Crippen LogP contribution in [0.25, 0.3) is 0 Å². The molecule has 19 heavy (non-hydrogen) atoms. The number of halogens is 2. The first-order chi connectivity index (χ1) is 9.15. The van der Waals surface area contributed by atoms with E-state index in [-0.39, 0.29) is 5.82 Å². The van der Waals surface area contributed by atoms with Crippen molar-refractivity contribution in [3.05, 3.63) is 53.8 Å². The molecular weight excluding hydrogens is 309 g/mol. The number of alkyl halides is 1. The molecule has 4 heteroatoms. The fourth-order valence-corrected chi connectivity index (χ4v) is 2.21. The van der Waals surface area contributed by atoms with Crippen LogP contribution < -0.4 is 9.64 Å². The second kappa shape index (κ2) is 6.06. The Bertz CT molecular complexity index is 574. The number of methoxy groups -OCH3 is 1. The molecule has 0 amide bonds. The van der Waals surface area contributed by atoms with Gasteiger partial charge in [-0.3, -0.25) is 0 Å². The van der Waals surface area contributed by atoms with E-state index in [1.54, 1.807) is 24.1 Å². The van der Waals surface area contributed by atoms with Crippen molar-refractivity contribution in [2.75, 3.05) is 19.1 Å². The second-order valence-electron chi connectivity index (χ2n) is 4.18. The van der Waals surface area contributed by atoms with Crippen LogP contribution in [0.5, 0.6) is 5.75 Å². The Hall–Kier alpha value is -1.55. The molecule has 0 atom stereocenters. The Morgan fingerprint density at radius 2 is 2.00 bits per heavy atom. The van der Waals surface area contributed by atoms with E-state index in [0.29, 0.717) is 11.0 Å². The van der Waals surface area contributed by atoms with Crippen LogP contribution >= 0.6 is 15.9 Å². The third-order valence-corrected chi connectivity index (χ3v) is 3.62. The summed E-state index contributed by atoms with van der Waals surface area (Å²) in [6, 6.07) is 12.8. The first kappa shape index (κ1) is 13.9. The van der Waals surface area contributed by atoms with Gasteiger partial charge in [0.2, 0.25) is 0 Å². The molecule has 0 fully saturated rings. The fourth-order valence-electron chi connectivity index (χ4n) is 1.86. The maximum absolute atomic E-state index is 14.1. The monoisotopic (exact) mass is 323 g/mol. The van der Waals surface area contributed by atoms with Crippen LogP contribution in [0.3, 0.4) is 0 Å². The highest BCUT2D eigenvalue weighted by Gasteiger charge is 2.10. The molecule has 0 bridgehead atoms. The van der Waals surface area contributed by atoms with Gasteiger partial charge < -0.3 is 9.64 Å². The van der Waals surface area contributed by atoms with Crippen molar-refractivity contribution in [3.63, 3.8) is 0 Å². The van der Waals surface area contributed by atoms with Crippen LogP contribution in [0, 0.1) is 5.82 Å². The molecule has 100 valence electrons. The minimum atomic E-state index is -0.234. The summed E-state index contributed by atoms with van der Waals surface area (Å²) >= 11 is 3.32. The van der Waals surface area contributed by atoms with Gasteiger partial charge in [0, 0.05) is 24.1 Å². The van der Waals surface area contributed by atoms with E-state index in [4.69, 9.17) is 4.74 Å². The Morgan fingerprint density at radius 3 is 2.63 bits per heavy atom. The molecule has 0 aliphatic carbocycles. The Labute approximate surface area is 120 Å². The zero-order valence-corrected chi connectivity index (χ0v) is 12.4. The van der Waals surface area contributed by atoms with E-state index in [2.05, 4.69) is 15.9 Å². The summed E-state index contributed by atoms with van der Waals surface area (Å²) in [6.45, 7) is 0. The SMILES string of the molecule is COc1cccc(N(C)c2ccc(CBr)cc2F)c1. The molecule has 2 nitrogen and oxygen atoms in total. The van der Waals surface area contributed by atoms with Gasteiger partial charge in [0.1, 0.15) is 11.6 Å². The molecular formula is C15H15BrFNO. The van der Waals surface area contributed by atoms with Crippen LogP contribution in [-0.4, -0.2) is 14.2 Å². The highest BCUT2D eigenvalue weighted by atomic mass is 79.9. The quantitative estimate of drug-likeness (QED) is 0.768. The van der Waals surface area contributed by atoms with Gasteiger partial charge in [0.15, 0.2) is 0 Å². The lowest BCUT2D eigenvalue weighted by Crippen LogP contribution is -2.11. The van der Waals surface area contributed by atoms with Crippen molar-refractivity contribution in [2.24, 2.45) is 0 Å². The predicted octanol–water partition coefficient (Wildman–Crippen LogP) is 4.50. The molecule has 0 aliphatic heterocycles. The molecule has 0 saturated heterocycles. The minimum Gasteiger partial charge on any atom is -0.497 e. The first-order valence-corrected chi connectivity index (χ1v) is 7.00. The second-order valence-corrected chi connectivity index (χ2v) is 4.74. The number of ether oxygens (including phenoxy) is 1. The lowest BCUT2D eigenvalue weighted by Gasteiger charge is -2.21. The van der Waals surface area contributed by atoms with Crippen molar-refractivity contribution in [1.29, 1.82) is 0 Å². The average Bonchev–Trinajstić information content (AvgIpc) is 2.46. The van der Waals surface area contributed by atoms with E-state index in [1.807, 2.05) is 37.4 Å². The van der Waals surface area contributed by atoms with Crippen LogP contribution in [0.2, 0.25) is 0 Å². The zero-order chi connectivity index (χ0) is 13.8. The van der Waals surface area contributed by atoms with Gasteiger partial charge in [-0.1, -0.05) is 28.1 Å². The van der Waals surface area contributed by atoms with Gasteiger partial charge in [0.05, 0.1) is 12.8 Å². The summed E-state index contributed by atoms with van der Waals surface area (Å²) in [6.07, 6.45) is 0. The lowest BCUT2D eigenvalue weighted by atomic mass is 10.2. The van der Waals surface area contributed by atoms with E-state index in [0.717, 1.165) is 17.0 Å². The standard InChI is InChI=1S/C15H15BrFNO/c1-18(12-4-3-5-13(9-12)19-2)15-7-6-11(10-16)8-14(15)17/h3-9H,10H2,1-2H3.